The number of nitrogens with one attached hydrogen (secondary N) is 1. The number of benzene rings is 1. The predicted octanol–water partition coefficient (Wildman–Crippen LogP) is 4.53. The monoisotopic (exact) mass is 324 g/mol. The van der Waals surface area contributed by atoms with Crippen molar-refractivity contribution in [3.05, 3.63) is 35.4 Å². The Bertz CT molecular complexity index is 636. The standard InChI is InChI=1S/C21H28N2O/c1-21(2,3)18-6-4-15(5-7-18)20(24)23-22-19-16-9-13-8-14(11-16)12-17(19)10-13/h4-7,13-14,16-17H,8-12H2,1-3H3,(H,23,24). The maximum absolute atomic E-state index is 12.4. The Morgan fingerprint density at radius 1 is 0.958 bits per heavy atom. The van der Waals surface area contributed by atoms with E-state index in [1.807, 2.05) is 24.3 Å². The molecule has 1 amide bonds. The van der Waals surface area contributed by atoms with Gasteiger partial charge in [-0.3, -0.25) is 4.79 Å². The summed E-state index contributed by atoms with van der Waals surface area (Å²) in [6.45, 7) is 6.54. The summed E-state index contributed by atoms with van der Waals surface area (Å²) in [5, 5.41) is 4.59. The van der Waals surface area contributed by atoms with Crippen LogP contribution in [0.25, 0.3) is 0 Å². The fourth-order valence-corrected chi connectivity index (χ4v) is 5.15. The van der Waals surface area contributed by atoms with E-state index in [1.54, 1.807) is 0 Å². The molecule has 24 heavy (non-hydrogen) atoms. The number of hydrogen-bond donors (Lipinski definition) is 1. The fourth-order valence-electron chi connectivity index (χ4n) is 5.15. The molecule has 128 valence electrons. The van der Waals surface area contributed by atoms with Crippen LogP contribution in [0.4, 0.5) is 0 Å². The molecular formula is C21H28N2O. The lowest BCUT2D eigenvalue weighted by molar-refractivity contribution is 0.0942. The van der Waals surface area contributed by atoms with Crippen LogP contribution < -0.4 is 5.43 Å². The second kappa shape index (κ2) is 5.72. The molecule has 3 heteroatoms. The minimum atomic E-state index is -0.0863. The molecule has 4 fully saturated rings. The maximum atomic E-state index is 12.4. The highest BCUT2D eigenvalue weighted by Gasteiger charge is 2.46. The van der Waals surface area contributed by atoms with Crippen molar-refractivity contribution < 1.29 is 4.79 Å². The van der Waals surface area contributed by atoms with Crippen molar-refractivity contribution in [3.63, 3.8) is 0 Å². The van der Waals surface area contributed by atoms with Gasteiger partial charge in [0.05, 0.1) is 0 Å². The highest BCUT2D eigenvalue weighted by Crippen LogP contribution is 2.52. The molecule has 1 aromatic rings. The van der Waals surface area contributed by atoms with Gasteiger partial charge in [-0.05, 0) is 78.9 Å². The van der Waals surface area contributed by atoms with Gasteiger partial charge < -0.3 is 0 Å². The molecule has 0 radical (unpaired) electrons. The predicted molar refractivity (Wildman–Crippen MR) is 97.1 cm³/mol. The van der Waals surface area contributed by atoms with Crippen molar-refractivity contribution in [3.8, 4) is 0 Å². The average Bonchev–Trinajstić information content (AvgIpc) is 2.52. The molecule has 4 saturated carbocycles. The lowest BCUT2D eigenvalue weighted by atomic mass is 9.55. The second-order valence-corrected chi connectivity index (χ2v) is 9.11. The van der Waals surface area contributed by atoms with Gasteiger partial charge in [-0.25, -0.2) is 5.43 Å². The zero-order valence-corrected chi connectivity index (χ0v) is 15.0. The van der Waals surface area contributed by atoms with Crippen molar-refractivity contribution in [2.24, 2.45) is 28.8 Å². The number of rotatable bonds is 2. The Morgan fingerprint density at radius 3 is 2.00 bits per heavy atom. The minimum absolute atomic E-state index is 0.0863. The number of amides is 1. The van der Waals surface area contributed by atoms with Crippen molar-refractivity contribution in [2.75, 3.05) is 0 Å². The molecule has 4 aliphatic rings. The summed E-state index contributed by atoms with van der Waals surface area (Å²) in [6.07, 6.45) is 6.61. The first-order chi connectivity index (χ1) is 11.4. The molecule has 0 unspecified atom stereocenters. The largest absolute Gasteiger partial charge is 0.271 e. The van der Waals surface area contributed by atoms with Gasteiger partial charge in [-0.1, -0.05) is 32.9 Å². The van der Waals surface area contributed by atoms with Crippen LogP contribution in [0.5, 0.6) is 0 Å². The Balaban J connectivity index is 1.45. The lowest BCUT2D eigenvalue weighted by Gasteiger charge is -2.50. The topological polar surface area (TPSA) is 41.5 Å². The second-order valence-electron chi connectivity index (χ2n) is 9.11. The van der Waals surface area contributed by atoms with Crippen LogP contribution in [0.3, 0.4) is 0 Å². The van der Waals surface area contributed by atoms with E-state index in [9.17, 15) is 4.79 Å². The third kappa shape index (κ3) is 2.89. The van der Waals surface area contributed by atoms with Gasteiger partial charge >= 0.3 is 0 Å². The Morgan fingerprint density at radius 2 is 1.50 bits per heavy atom. The molecule has 1 N–H and O–H groups in total. The van der Waals surface area contributed by atoms with Crippen LogP contribution >= 0.6 is 0 Å². The summed E-state index contributed by atoms with van der Waals surface area (Å²) in [4.78, 5) is 12.4. The van der Waals surface area contributed by atoms with Crippen LogP contribution in [0.15, 0.2) is 29.4 Å². The normalized spacial score (nSPS) is 31.2. The summed E-state index contributed by atoms with van der Waals surface area (Å²) in [6, 6.07) is 7.91. The first kappa shape index (κ1) is 15.9. The molecule has 0 heterocycles. The molecule has 0 atom stereocenters. The van der Waals surface area contributed by atoms with Crippen LogP contribution in [-0.4, -0.2) is 11.6 Å². The first-order valence-electron chi connectivity index (χ1n) is 9.38. The highest BCUT2D eigenvalue weighted by atomic mass is 16.2. The molecule has 1 aromatic carbocycles. The Hall–Kier alpha value is -1.64. The van der Waals surface area contributed by atoms with Crippen molar-refractivity contribution in [1.82, 2.24) is 5.43 Å². The number of hydrazone groups is 1. The zero-order chi connectivity index (χ0) is 16.9. The van der Waals surface area contributed by atoms with Crippen molar-refractivity contribution in [2.45, 2.75) is 58.3 Å². The number of nitrogens with zero attached hydrogens (tertiary/aromatic N) is 1. The van der Waals surface area contributed by atoms with Crippen LogP contribution in [0, 0.1) is 23.7 Å². The summed E-state index contributed by atoms with van der Waals surface area (Å²) in [5.41, 5.74) is 6.15. The molecule has 0 aliphatic heterocycles. The van der Waals surface area contributed by atoms with Gasteiger partial charge in [0.15, 0.2) is 0 Å². The van der Waals surface area contributed by atoms with E-state index in [0.717, 1.165) is 11.8 Å². The summed E-state index contributed by atoms with van der Waals surface area (Å²) in [7, 11) is 0. The zero-order valence-electron chi connectivity index (χ0n) is 15.0. The summed E-state index contributed by atoms with van der Waals surface area (Å²) >= 11 is 0. The summed E-state index contributed by atoms with van der Waals surface area (Å²) < 4.78 is 0. The van der Waals surface area contributed by atoms with E-state index in [2.05, 4.69) is 31.3 Å². The quantitative estimate of drug-likeness (QED) is 0.798. The SMILES string of the molecule is CC(C)(C)c1ccc(C(=O)NN=C2C3CC4CC(C3)CC2C4)cc1. The van der Waals surface area contributed by atoms with E-state index >= 15 is 0 Å². The summed E-state index contributed by atoms with van der Waals surface area (Å²) in [5.74, 6) is 3.02. The number of carbonyl (C=O) groups is 1. The average molecular weight is 324 g/mol. The van der Waals surface area contributed by atoms with Gasteiger partial charge in [0.2, 0.25) is 0 Å². The highest BCUT2D eigenvalue weighted by molar-refractivity contribution is 5.96. The molecule has 3 nitrogen and oxygen atoms in total. The maximum Gasteiger partial charge on any atom is 0.271 e. The third-order valence-electron chi connectivity index (χ3n) is 6.27. The number of hydrogen-bond acceptors (Lipinski definition) is 2. The fraction of sp³-hybridized carbons (Fsp3) is 0.619. The van der Waals surface area contributed by atoms with Crippen LogP contribution in [0.1, 0.15) is 68.8 Å². The van der Waals surface area contributed by atoms with E-state index in [-0.39, 0.29) is 11.3 Å². The van der Waals surface area contributed by atoms with Gasteiger partial charge in [0.1, 0.15) is 0 Å². The van der Waals surface area contributed by atoms with Gasteiger partial charge in [0.25, 0.3) is 5.91 Å². The molecule has 0 saturated heterocycles. The first-order valence-corrected chi connectivity index (χ1v) is 9.38. The van der Waals surface area contributed by atoms with E-state index < -0.39 is 0 Å². The van der Waals surface area contributed by atoms with E-state index in [0.29, 0.717) is 17.4 Å². The van der Waals surface area contributed by atoms with Gasteiger partial charge in [-0.15, -0.1) is 0 Å². The minimum Gasteiger partial charge on any atom is -0.267 e. The van der Waals surface area contributed by atoms with E-state index in [4.69, 9.17) is 0 Å². The van der Waals surface area contributed by atoms with Gasteiger partial charge in [0, 0.05) is 11.3 Å². The van der Waals surface area contributed by atoms with Crippen LogP contribution in [-0.2, 0) is 5.41 Å². The van der Waals surface area contributed by atoms with Crippen LogP contribution in [0.2, 0.25) is 0 Å². The number of carbonyl (C=O) groups excluding carboxylic acids is 1. The molecule has 0 aromatic heterocycles. The van der Waals surface area contributed by atoms with Crippen molar-refractivity contribution in [1.29, 1.82) is 0 Å². The molecule has 4 aliphatic carbocycles. The van der Waals surface area contributed by atoms with Gasteiger partial charge in [-0.2, -0.15) is 5.10 Å². The Kier molecular flexibility index (Phi) is 3.78. The molecular weight excluding hydrogens is 296 g/mol. The molecule has 0 spiro atoms. The molecule has 4 bridgehead atoms. The van der Waals surface area contributed by atoms with E-state index in [1.165, 1.54) is 43.4 Å². The Labute approximate surface area is 144 Å². The smallest absolute Gasteiger partial charge is 0.267 e. The third-order valence-corrected chi connectivity index (χ3v) is 6.27. The van der Waals surface area contributed by atoms with Crippen molar-refractivity contribution >= 4 is 11.6 Å². The lowest BCUT2D eigenvalue weighted by Crippen LogP contribution is -2.46. The molecule has 5 rings (SSSR count).